The van der Waals surface area contributed by atoms with Gasteiger partial charge >= 0.3 is 5.97 Å². The third-order valence-corrected chi connectivity index (χ3v) is 2.08. The van der Waals surface area contributed by atoms with Gasteiger partial charge in [-0.1, -0.05) is 0 Å². The van der Waals surface area contributed by atoms with E-state index in [9.17, 15) is 14.4 Å². The molecule has 96 valence electrons. The van der Waals surface area contributed by atoms with Crippen LogP contribution in [0.4, 0.5) is 0 Å². The van der Waals surface area contributed by atoms with Crippen LogP contribution in [0.25, 0.3) is 0 Å². The van der Waals surface area contributed by atoms with Gasteiger partial charge in [-0.05, 0) is 0 Å². The molecule has 0 aliphatic carbocycles. The number of hydrogen-bond acceptors (Lipinski definition) is 6. The number of Topliss-reactive ketones (excluding diaryl/α,β-unsaturated/α-hetero) is 1. The zero-order valence-corrected chi connectivity index (χ0v) is 9.88. The lowest BCUT2D eigenvalue weighted by atomic mass is 10.2. The van der Waals surface area contributed by atoms with E-state index in [2.05, 4.69) is 20.0 Å². The van der Waals surface area contributed by atoms with Crippen LogP contribution < -0.4 is 5.32 Å². The maximum absolute atomic E-state index is 11.5. The summed E-state index contributed by atoms with van der Waals surface area (Å²) in [5.74, 6) is -1.18. The summed E-state index contributed by atoms with van der Waals surface area (Å²) in [5, 5.41) is 2.40. The van der Waals surface area contributed by atoms with E-state index >= 15 is 0 Å². The normalized spacial score (nSPS) is 9.61. The van der Waals surface area contributed by atoms with Crippen molar-refractivity contribution in [3.8, 4) is 0 Å². The second-order valence-electron chi connectivity index (χ2n) is 3.39. The predicted molar refractivity (Wildman–Crippen MR) is 60.6 cm³/mol. The Bertz CT molecular complexity index is 433. The Kier molecular flexibility index (Phi) is 5.43. The third kappa shape index (κ3) is 4.69. The molecule has 0 saturated heterocycles. The van der Waals surface area contributed by atoms with E-state index in [4.69, 9.17) is 0 Å². The number of aromatic nitrogens is 2. The van der Waals surface area contributed by atoms with Crippen molar-refractivity contribution in [2.45, 2.75) is 12.8 Å². The molecule has 0 spiro atoms. The molecule has 0 aromatic carbocycles. The van der Waals surface area contributed by atoms with E-state index in [1.165, 1.54) is 25.7 Å². The van der Waals surface area contributed by atoms with Gasteiger partial charge in [0.1, 0.15) is 5.69 Å². The zero-order valence-electron chi connectivity index (χ0n) is 9.88. The molecule has 0 fully saturated rings. The second-order valence-corrected chi connectivity index (χ2v) is 3.39. The van der Waals surface area contributed by atoms with Crippen LogP contribution >= 0.6 is 0 Å². The minimum atomic E-state index is -0.477. The number of ketones is 1. The summed E-state index contributed by atoms with van der Waals surface area (Å²) in [6, 6.07) is 0. The van der Waals surface area contributed by atoms with Crippen molar-refractivity contribution in [3.05, 3.63) is 24.3 Å². The highest BCUT2D eigenvalue weighted by molar-refractivity contribution is 5.95. The van der Waals surface area contributed by atoms with Gasteiger partial charge in [-0.2, -0.15) is 0 Å². The zero-order chi connectivity index (χ0) is 13.4. The summed E-state index contributed by atoms with van der Waals surface area (Å²) in [7, 11) is 1.25. The van der Waals surface area contributed by atoms with Crippen LogP contribution in [0.2, 0.25) is 0 Å². The van der Waals surface area contributed by atoms with Crippen LogP contribution in [0.15, 0.2) is 18.6 Å². The van der Waals surface area contributed by atoms with Crippen molar-refractivity contribution in [1.82, 2.24) is 15.3 Å². The maximum atomic E-state index is 11.5. The molecule has 0 aliphatic rings. The topological polar surface area (TPSA) is 98.2 Å². The molecule has 1 aromatic rings. The Morgan fingerprint density at radius 1 is 1.28 bits per heavy atom. The fraction of sp³-hybridized carbons (Fsp3) is 0.364. The SMILES string of the molecule is COC(=O)CCC(=O)CNC(=O)c1cnccn1. The van der Waals surface area contributed by atoms with Gasteiger partial charge in [0.05, 0.1) is 26.3 Å². The summed E-state index contributed by atoms with van der Waals surface area (Å²) < 4.78 is 4.40. The van der Waals surface area contributed by atoms with Crippen molar-refractivity contribution < 1.29 is 19.1 Å². The molecule has 0 saturated carbocycles. The lowest BCUT2D eigenvalue weighted by Crippen LogP contribution is -2.30. The Hall–Kier alpha value is -2.31. The summed E-state index contributed by atoms with van der Waals surface area (Å²) in [6.45, 7) is -0.146. The standard InChI is InChI=1S/C11H13N3O4/c1-18-10(16)3-2-8(15)6-14-11(17)9-7-12-4-5-13-9/h4-5,7H,2-3,6H2,1H3,(H,14,17). The first-order valence-electron chi connectivity index (χ1n) is 5.26. The lowest BCUT2D eigenvalue weighted by molar-refractivity contribution is -0.141. The van der Waals surface area contributed by atoms with E-state index in [1.54, 1.807) is 0 Å². The van der Waals surface area contributed by atoms with Crippen molar-refractivity contribution >= 4 is 17.7 Å². The van der Waals surface area contributed by atoms with Gasteiger partial charge in [0.25, 0.3) is 5.91 Å². The second kappa shape index (κ2) is 7.10. The number of esters is 1. The van der Waals surface area contributed by atoms with E-state index in [0.717, 1.165) is 0 Å². The van der Waals surface area contributed by atoms with Crippen molar-refractivity contribution in [1.29, 1.82) is 0 Å². The number of carbonyl (C=O) groups excluding carboxylic acids is 3. The Balaban J connectivity index is 2.31. The molecule has 1 heterocycles. The average molecular weight is 251 g/mol. The number of hydrogen-bond donors (Lipinski definition) is 1. The number of rotatable bonds is 6. The molecule has 0 atom stereocenters. The molecule has 7 nitrogen and oxygen atoms in total. The van der Waals surface area contributed by atoms with Gasteiger partial charge in [0.2, 0.25) is 0 Å². The molecule has 0 unspecified atom stereocenters. The molecule has 1 N–H and O–H groups in total. The highest BCUT2D eigenvalue weighted by atomic mass is 16.5. The smallest absolute Gasteiger partial charge is 0.305 e. The van der Waals surface area contributed by atoms with Crippen LogP contribution in [0.5, 0.6) is 0 Å². The fourth-order valence-electron chi connectivity index (χ4n) is 1.12. The molecule has 1 rings (SSSR count). The van der Waals surface area contributed by atoms with E-state index < -0.39 is 11.9 Å². The fourth-order valence-corrected chi connectivity index (χ4v) is 1.12. The Morgan fingerprint density at radius 3 is 2.67 bits per heavy atom. The minimum Gasteiger partial charge on any atom is -0.469 e. The first kappa shape index (κ1) is 13.8. The van der Waals surface area contributed by atoms with Gasteiger partial charge in [-0.3, -0.25) is 19.4 Å². The number of nitrogens with one attached hydrogen (secondary N) is 1. The van der Waals surface area contributed by atoms with Crippen molar-refractivity contribution in [3.63, 3.8) is 0 Å². The molecular weight excluding hydrogens is 238 g/mol. The van der Waals surface area contributed by atoms with Crippen molar-refractivity contribution in [2.24, 2.45) is 0 Å². The van der Waals surface area contributed by atoms with E-state index in [1.807, 2.05) is 0 Å². The van der Waals surface area contributed by atoms with Gasteiger partial charge < -0.3 is 10.1 Å². The van der Waals surface area contributed by atoms with E-state index in [0.29, 0.717) is 0 Å². The van der Waals surface area contributed by atoms with Crippen LogP contribution in [-0.4, -0.2) is 41.3 Å². The molecular formula is C11H13N3O4. The van der Waals surface area contributed by atoms with Crippen molar-refractivity contribution in [2.75, 3.05) is 13.7 Å². The summed E-state index contributed by atoms with van der Waals surface area (Å²) >= 11 is 0. The maximum Gasteiger partial charge on any atom is 0.305 e. The van der Waals surface area contributed by atoms with Gasteiger partial charge in [0, 0.05) is 18.8 Å². The van der Waals surface area contributed by atoms with Gasteiger partial charge in [0.15, 0.2) is 5.78 Å². The summed E-state index contributed by atoms with van der Waals surface area (Å²) in [5.41, 5.74) is 0.137. The number of methoxy groups -OCH3 is 1. The number of ether oxygens (including phenoxy) is 1. The Labute approximate surface area is 104 Å². The van der Waals surface area contributed by atoms with Crippen LogP contribution in [-0.2, 0) is 14.3 Å². The molecule has 0 radical (unpaired) electrons. The molecule has 18 heavy (non-hydrogen) atoms. The lowest BCUT2D eigenvalue weighted by Gasteiger charge is -2.03. The van der Waals surface area contributed by atoms with E-state index in [-0.39, 0.29) is 30.9 Å². The third-order valence-electron chi connectivity index (χ3n) is 2.08. The first-order chi connectivity index (χ1) is 8.63. The Morgan fingerprint density at radius 2 is 2.06 bits per heavy atom. The van der Waals surface area contributed by atoms with Crippen LogP contribution in [0.3, 0.4) is 0 Å². The number of nitrogens with zero attached hydrogens (tertiary/aromatic N) is 2. The van der Waals surface area contributed by atoms with Gasteiger partial charge in [-0.15, -0.1) is 0 Å². The molecule has 1 amide bonds. The highest BCUT2D eigenvalue weighted by Crippen LogP contribution is 1.94. The number of carbonyl (C=O) groups is 3. The monoisotopic (exact) mass is 251 g/mol. The average Bonchev–Trinajstić information content (AvgIpc) is 2.42. The predicted octanol–water partition coefficient (Wildman–Crippen LogP) is -0.271. The van der Waals surface area contributed by atoms with Crippen LogP contribution in [0.1, 0.15) is 23.3 Å². The summed E-state index contributed by atoms with van der Waals surface area (Å²) in [6.07, 6.45) is 4.17. The molecule has 0 bridgehead atoms. The summed E-state index contributed by atoms with van der Waals surface area (Å²) in [4.78, 5) is 41.1. The number of amides is 1. The molecule has 7 heteroatoms. The quantitative estimate of drug-likeness (QED) is 0.699. The molecule has 0 aliphatic heterocycles. The van der Waals surface area contributed by atoms with Gasteiger partial charge in [-0.25, -0.2) is 4.98 Å². The van der Waals surface area contributed by atoms with Crippen LogP contribution in [0, 0.1) is 0 Å². The largest absolute Gasteiger partial charge is 0.469 e. The highest BCUT2D eigenvalue weighted by Gasteiger charge is 2.10. The minimum absolute atomic E-state index is 0.0103. The molecule has 1 aromatic heterocycles. The first-order valence-corrected chi connectivity index (χ1v) is 5.26.